The van der Waals surface area contributed by atoms with Gasteiger partial charge < -0.3 is 5.32 Å². The fraction of sp³-hybridized carbons (Fsp3) is 0.500. The topological polar surface area (TPSA) is 24.4 Å². The molecule has 0 aliphatic carbocycles. The molecule has 2 nitrogen and oxygen atoms in total. The summed E-state index contributed by atoms with van der Waals surface area (Å²) in [4.78, 5) is 4.07. The van der Waals surface area contributed by atoms with E-state index in [9.17, 15) is 0 Å². The summed E-state index contributed by atoms with van der Waals surface area (Å²) >= 11 is 0. The Morgan fingerprint density at radius 3 is 2.83 bits per heavy atom. The van der Waals surface area contributed by atoms with Crippen LogP contribution in [0.3, 0.4) is 0 Å². The van der Waals surface area contributed by atoms with Crippen LogP contribution in [0.5, 0.6) is 0 Å². The zero-order valence-electron chi connectivity index (χ0n) is 7.96. The maximum absolute atomic E-state index is 4.07. The van der Waals surface area contributed by atoms with E-state index in [1.165, 1.54) is 11.1 Å². The van der Waals surface area contributed by atoms with Gasteiger partial charge in [0, 0.05) is 12.7 Å². The number of hydrogen-bond acceptors (Lipinski definition) is 2. The summed E-state index contributed by atoms with van der Waals surface area (Å²) < 4.78 is 0. The van der Waals surface area contributed by atoms with E-state index in [0.29, 0.717) is 5.92 Å². The zero-order valence-corrected chi connectivity index (χ0v) is 7.96. The number of allylic oxidation sites excluding steroid dienone is 1. The third kappa shape index (κ3) is 1.97. The van der Waals surface area contributed by atoms with Gasteiger partial charge in [-0.3, -0.25) is 0 Å². The summed E-state index contributed by atoms with van der Waals surface area (Å²) in [6.45, 7) is 7.39. The Labute approximate surface area is 74.1 Å². The van der Waals surface area contributed by atoms with Crippen molar-refractivity contribution in [2.45, 2.75) is 20.8 Å². The number of aliphatic imine (C=N–C) groups is 1. The van der Waals surface area contributed by atoms with Gasteiger partial charge in [0.2, 0.25) is 0 Å². The molecular weight excluding hydrogens is 148 g/mol. The standard InChI is InChI=1S/C10H16N2/c1-4-10(8(2)3)9-5-11-7-12-6-9/h4-5,7-8H,6H2,1-3H3,(H,11,12). The molecule has 0 aromatic carbocycles. The van der Waals surface area contributed by atoms with E-state index in [4.69, 9.17) is 0 Å². The molecule has 0 amide bonds. The molecule has 0 saturated carbocycles. The normalized spacial score (nSPS) is 17.7. The van der Waals surface area contributed by atoms with Crippen molar-refractivity contribution in [1.29, 1.82) is 0 Å². The molecule has 0 bridgehead atoms. The molecule has 1 rings (SSSR count). The van der Waals surface area contributed by atoms with Gasteiger partial charge in [0.15, 0.2) is 0 Å². The van der Waals surface area contributed by atoms with Crippen molar-refractivity contribution in [3.63, 3.8) is 0 Å². The number of nitrogens with zero attached hydrogens (tertiary/aromatic N) is 1. The molecule has 0 atom stereocenters. The second-order valence-corrected chi connectivity index (χ2v) is 3.21. The lowest BCUT2D eigenvalue weighted by Crippen LogP contribution is -2.20. The first-order chi connectivity index (χ1) is 5.75. The SMILES string of the molecule is CC=C(C1=CN=CNC1)C(C)C. The predicted molar refractivity (Wildman–Crippen MR) is 53.2 cm³/mol. The Morgan fingerprint density at radius 1 is 1.67 bits per heavy atom. The van der Waals surface area contributed by atoms with Crippen molar-refractivity contribution in [2.24, 2.45) is 10.9 Å². The van der Waals surface area contributed by atoms with Crippen molar-refractivity contribution in [2.75, 3.05) is 6.54 Å². The lowest BCUT2D eigenvalue weighted by Gasteiger charge is -2.16. The second-order valence-electron chi connectivity index (χ2n) is 3.21. The minimum atomic E-state index is 0.580. The lowest BCUT2D eigenvalue weighted by atomic mass is 9.95. The molecule has 1 heterocycles. The molecule has 1 aliphatic heterocycles. The average molecular weight is 164 g/mol. The minimum Gasteiger partial charge on any atom is -0.372 e. The lowest BCUT2D eigenvalue weighted by molar-refractivity contribution is 0.759. The Kier molecular flexibility index (Phi) is 3.09. The Bertz CT molecular complexity index is 234. The van der Waals surface area contributed by atoms with Crippen LogP contribution < -0.4 is 5.32 Å². The second kappa shape index (κ2) is 4.10. The average Bonchev–Trinajstić information content (AvgIpc) is 2.07. The van der Waals surface area contributed by atoms with Gasteiger partial charge in [-0.15, -0.1) is 0 Å². The summed E-state index contributed by atoms with van der Waals surface area (Å²) in [5.74, 6) is 0.580. The maximum Gasteiger partial charge on any atom is 0.0881 e. The first kappa shape index (κ1) is 9.04. The highest BCUT2D eigenvalue weighted by atomic mass is 14.9. The van der Waals surface area contributed by atoms with Crippen molar-refractivity contribution < 1.29 is 0 Å². The van der Waals surface area contributed by atoms with E-state index in [-0.39, 0.29) is 0 Å². The molecule has 1 aliphatic rings. The van der Waals surface area contributed by atoms with Crippen molar-refractivity contribution in [3.05, 3.63) is 23.4 Å². The van der Waals surface area contributed by atoms with E-state index in [1.54, 1.807) is 6.34 Å². The highest BCUT2D eigenvalue weighted by Crippen LogP contribution is 2.19. The fourth-order valence-corrected chi connectivity index (χ4v) is 1.45. The van der Waals surface area contributed by atoms with Crippen LogP contribution in [-0.4, -0.2) is 12.9 Å². The zero-order chi connectivity index (χ0) is 8.97. The molecule has 66 valence electrons. The van der Waals surface area contributed by atoms with Gasteiger partial charge in [-0.25, -0.2) is 4.99 Å². The van der Waals surface area contributed by atoms with E-state index < -0.39 is 0 Å². The summed E-state index contributed by atoms with van der Waals surface area (Å²) in [6, 6.07) is 0. The van der Waals surface area contributed by atoms with Gasteiger partial charge in [0.25, 0.3) is 0 Å². The van der Waals surface area contributed by atoms with Crippen LogP contribution in [-0.2, 0) is 0 Å². The third-order valence-corrected chi connectivity index (χ3v) is 1.99. The van der Waals surface area contributed by atoms with Crippen LogP contribution >= 0.6 is 0 Å². The number of nitrogens with one attached hydrogen (secondary N) is 1. The molecule has 1 N–H and O–H groups in total. The van der Waals surface area contributed by atoms with Crippen molar-refractivity contribution in [1.82, 2.24) is 5.32 Å². The Hall–Kier alpha value is -1.05. The first-order valence-corrected chi connectivity index (χ1v) is 4.36. The first-order valence-electron chi connectivity index (χ1n) is 4.36. The van der Waals surface area contributed by atoms with Crippen LogP contribution in [0.1, 0.15) is 20.8 Å². The summed E-state index contributed by atoms with van der Waals surface area (Å²) in [6.07, 6.45) is 5.84. The van der Waals surface area contributed by atoms with E-state index in [0.717, 1.165) is 6.54 Å². The van der Waals surface area contributed by atoms with Crippen LogP contribution in [0.15, 0.2) is 28.4 Å². The van der Waals surface area contributed by atoms with E-state index in [1.807, 2.05) is 6.20 Å². The molecule has 2 heteroatoms. The molecule has 0 unspecified atom stereocenters. The molecule has 0 spiro atoms. The quantitative estimate of drug-likeness (QED) is 0.664. The Balaban J connectivity index is 2.79. The number of rotatable bonds is 2. The van der Waals surface area contributed by atoms with Gasteiger partial charge >= 0.3 is 0 Å². The minimum absolute atomic E-state index is 0.580. The monoisotopic (exact) mass is 164 g/mol. The maximum atomic E-state index is 4.07. The molecule has 12 heavy (non-hydrogen) atoms. The van der Waals surface area contributed by atoms with Crippen molar-refractivity contribution >= 4 is 6.34 Å². The smallest absolute Gasteiger partial charge is 0.0881 e. The molecule has 0 radical (unpaired) electrons. The highest BCUT2D eigenvalue weighted by molar-refractivity contribution is 5.59. The van der Waals surface area contributed by atoms with Gasteiger partial charge in [0.1, 0.15) is 0 Å². The molecule has 0 fully saturated rings. The molecule has 0 saturated heterocycles. The molecule has 0 aromatic rings. The van der Waals surface area contributed by atoms with Crippen LogP contribution in [0, 0.1) is 5.92 Å². The predicted octanol–water partition coefficient (Wildman–Crippen LogP) is 2.10. The molecular formula is C10H16N2. The summed E-state index contributed by atoms with van der Waals surface area (Å²) in [5.41, 5.74) is 2.69. The molecule has 0 aromatic heterocycles. The Morgan fingerprint density at radius 2 is 2.42 bits per heavy atom. The van der Waals surface area contributed by atoms with Crippen LogP contribution in [0.4, 0.5) is 0 Å². The van der Waals surface area contributed by atoms with Crippen LogP contribution in [0.2, 0.25) is 0 Å². The van der Waals surface area contributed by atoms with Gasteiger partial charge in [-0.05, 0) is 24.0 Å². The van der Waals surface area contributed by atoms with Gasteiger partial charge in [0.05, 0.1) is 6.34 Å². The fourth-order valence-electron chi connectivity index (χ4n) is 1.45. The van der Waals surface area contributed by atoms with E-state index in [2.05, 4.69) is 37.2 Å². The van der Waals surface area contributed by atoms with Crippen molar-refractivity contribution in [3.8, 4) is 0 Å². The summed E-state index contributed by atoms with van der Waals surface area (Å²) in [5, 5.41) is 3.10. The third-order valence-electron chi connectivity index (χ3n) is 1.99. The van der Waals surface area contributed by atoms with Gasteiger partial charge in [-0.2, -0.15) is 0 Å². The summed E-state index contributed by atoms with van der Waals surface area (Å²) in [7, 11) is 0. The van der Waals surface area contributed by atoms with Crippen LogP contribution in [0.25, 0.3) is 0 Å². The largest absolute Gasteiger partial charge is 0.372 e. The number of hydrogen-bond donors (Lipinski definition) is 1. The van der Waals surface area contributed by atoms with Gasteiger partial charge in [-0.1, -0.05) is 19.9 Å². The van der Waals surface area contributed by atoms with E-state index >= 15 is 0 Å². The highest BCUT2D eigenvalue weighted by Gasteiger charge is 2.08.